The van der Waals surface area contributed by atoms with Crippen LogP contribution in [0.1, 0.15) is 50.5 Å². The third-order valence-corrected chi connectivity index (χ3v) is 5.36. The summed E-state index contributed by atoms with van der Waals surface area (Å²) >= 11 is 0. The number of aliphatic hydroxyl groups excluding tert-OH is 1. The standard InChI is InChI=1S/C18H27NO.ClH/c20-17(15-19-13-7-2-8-14-19)18(11-5-6-12-18)16-9-3-1-4-10-16;/h1,3-4,9-10,17,20H,2,5-8,11-15H2;1H. The molecule has 1 aromatic carbocycles. The quantitative estimate of drug-likeness (QED) is 0.915. The van der Waals surface area contributed by atoms with E-state index in [4.69, 9.17) is 0 Å². The van der Waals surface area contributed by atoms with Gasteiger partial charge < -0.3 is 10.0 Å². The van der Waals surface area contributed by atoms with Crippen molar-refractivity contribution in [2.24, 2.45) is 0 Å². The lowest BCUT2D eigenvalue weighted by Gasteiger charge is -2.38. The highest BCUT2D eigenvalue weighted by Gasteiger charge is 2.42. The van der Waals surface area contributed by atoms with Gasteiger partial charge in [0, 0.05) is 12.0 Å². The molecule has 2 fully saturated rings. The Labute approximate surface area is 135 Å². The molecule has 1 saturated carbocycles. The van der Waals surface area contributed by atoms with E-state index in [1.54, 1.807) is 0 Å². The smallest absolute Gasteiger partial charge is 0.0763 e. The number of β-amino-alcohol motifs (C(OH)–C–C–N with tert-alkyl or cyclic N) is 1. The second-order valence-electron chi connectivity index (χ2n) is 6.61. The first-order chi connectivity index (χ1) is 9.81. The minimum absolute atomic E-state index is 0. The van der Waals surface area contributed by atoms with Crippen molar-refractivity contribution < 1.29 is 5.11 Å². The van der Waals surface area contributed by atoms with Crippen LogP contribution in [-0.2, 0) is 5.41 Å². The Morgan fingerprint density at radius 3 is 2.19 bits per heavy atom. The summed E-state index contributed by atoms with van der Waals surface area (Å²) in [7, 11) is 0. The molecule has 3 heteroatoms. The van der Waals surface area contributed by atoms with E-state index in [9.17, 15) is 5.11 Å². The average Bonchev–Trinajstić information content (AvgIpc) is 3.00. The summed E-state index contributed by atoms with van der Waals surface area (Å²) in [4.78, 5) is 2.47. The van der Waals surface area contributed by atoms with Crippen molar-refractivity contribution >= 4 is 12.4 Å². The molecule has 2 nitrogen and oxygen atoms in total. The summed E-state index contributed by atoms with van der Waals surface area (Å²) in [6.45, 7) is 3.19. The summed E-state index contributed by atoms with van der Waals surface area (Å²) in [5.41, 5.74) is 1.36. The molecule has 1 aromatic rings. The second kappa shape index (κ2) is 7.62. The summed E-state index contributed by atoms with van der Waals surface area (Å²) in [6.07, 6.45) is 8.54. The van der Waals surface area contributed by atoms with Crippen molar-refractivity contribution in [3.63, 3.8) is 0 Å². The monoisotopic (exact) mass is 309 g/mol. The van der Waals surface area contributed by atoms with E-state index in [0.717, 1.165) is 19.4 Å². The Morgan fingerprint density at radius 2 is 1.57 bits per heavy atom. The summed E-state index contributed by atoms with van der Waals surface area (Å²) in [5, 5.41) is 11.0. The third kappa shape index (κ3) is 3.61. The van der Waals surface area contributed by atoms with E-state index in [1.807, 2.05) is 0 Å². The second-order valence-corrected chi connectivity index (χ2v) is 6.61. The lowest BCUT2D eigenvalue weighted by molar-refractivity contribution is 0.0385. The maximum Gasteiger partial charge on any atom is 0.0763 e. The molecule has 1 aliphatic carbocycles. The molecule has 0 bridgehead atoms. The third-order valence-electron chi connectivity index (χ3n) is 5.36. The molecule has 1 aliphatic heterocycles. The van der Waals surface area contributed by atoms with Gasteiger partial charge in [0.1, 0.15) is 0 Å². The first kappa shape index (κ1) is 16.8. The van der Waals surface area contributed by atoms with E-state index >= 15 is 0 Å². The molecule has 0 radical (unpaired) electrons. The van der Waals surface area contributed by atoms with E-state index in [1.165, 1.54) is 50.8 Å². The average molecular weight is 310 g/mol. The minimum Gasteiger partial charge on any atom is -0.391 e. The van der Waals surface area contributed by atoms with Crippen molar-refractivity contribution in [3.05, 3.63) is 35.9 Å². The molecule has 21 heavy (non-hydrogen) atoms. The van der Waals surface area contributed by atoms with E-state index in [0.29, 0.717) is 0 Å². The van der Waals surface area contributed by atoms with Gasteiger partial charge in [0.05, 0.1) is 6.10 Å². The number of aliphatic hydroxyl groups is 1. The van der Waals surface area contributed by atoms with Crippen molar-refractivity contribution in [1.82, 2.24) is 4.90 Å². The maximum absolute atomic E-state index is 11.0. The number of likely N-dealkylation sites (tertiary alicyclic amines) is 1. The van der Waals surface area contributed by atoms with Crippen LogP contribution in [0.5, 0.6) is 0 Å². The van der Waals surface area contributed by atoms with Crippen LogP contribution in [0, 0.1) is 0 Å². The lowest BCUT2D eigenvalue weighted by Crippen LogP contribution is -2.46. The van der Waals surface area contributed by atoms with Gasteiger partial charge in [-0.1, -0.05) is 49.6 Å². The molecular weight excluding hydrogens is 282 g/mol. The van der Waals surface area contributed by atoms with Crippen LogP contribution in [0.4, 0.5) is 0 Å². The molecule has 0 spiro atoms. The van der Waals surface area contributed by atoms with Crippen LogP contribution in [0.25, 0.3) is 0 Å². The van der Waals surface area contributed by atoms with Crippen molar-refractivity contribution in [1.29, 1.82) is 0 Å². The zero-order valence-corrected chi connectivity index (χ0v) is 13.7. The lowest BCUT2D eigenvalue weighted by atomic mass is 9.74. The van der Waals surface area contributed by atoms with Crippen LogP contribution < -0.4 is 0 Å². The Hall–Kier alpha value is -0.570. The van der Waals surface area contributed by atoms with E-state index in [2.05, 4.69) is 35.2 Å². The number of benzene rings is 1. The number of nitrogens with zero attached hydrogens (tertiary/aromatic N) is 1. The number of halogens is 1. The largest absolute Gasteiger partial charge is 0.391 e. The van der Waals surface area contributed by atoms with Crippen LogP contribution >= 0.6 is 12.4 Å². The van der Waals surface area contributed by atoms with Crippen molar-refractivity contribution in [2.75, 3.05) is 19.6 Å². The predicted octanol–water partition coefficient (Wildman–Crippen LogP) is 3.77. The molecule has 1 atom stereocenters. The van der Waals surface area contributed by atoms with Gasteiger partial charge in [-0.15, -0.1) is 12.4 Å². The van der Waals surface area contributed by atoms with E-state index < -0.39 is 0 Å². The number of hydrogen-bond acceptors (Lipinski definition) is 2. The first-order valence-corrected chi connectivity index (χ1v) is 8.27. The molecular formula is C18H28ClNO. The molecule has 0 amide bonds. The molecule has 1 N–H and O–H groups in total. The Kier molecular flexibility index (Phi) is 6.09. The first-order valence-electron chi connectivity index (χ1n) is 8.27. The SMILES string of the molecule is Cl.OC(CN1CCCCC1)C1(c2ccccc2)CCCC1. The van der Waals surface area contributed by atoms with Crippen LogP contribution in [0.15, 0.2) is 30.3 Å². The molecule has 3 rings (SSSR count). The number of hydrogen-bond donors (Lipinski definition) is 1. The van der Waals surface area contributed by atoms with Crippen molar-refractivity contribution in [2.45, 2.75) is 56.5 Å². The maximum atomic E-state index is 11.0. The van der Waals surface area contributed by atoms with Gasteiger partial charge in [-0.05, 0) is 44.3 Å². The molecule has 2 aliphatic rings. The Balaban J connectivity index is 0.00000161. The fourth-order valence-electron chi connectivity index (χ4n) is 4.15. The van der Waals surface area contributed by atoms with Gasteiger partial charge in [-0.3, -0.25) is 0 Å². The van der Waals surface area contributed by atoms with Crippen molar-refractivity contribution in [3.8, 4) is 0 Å². The van der Waals surface area contributed by atoms with Crippen LogP contribution in [0.2, 0.25) is 0 Å². The van der Waals surface area contributed by atoms with Gasteiger partial charge >= 0.3 is 0 Å². The zero-order chi connectivity index (χ0) is 13.8. The summed E-state index contributed by atoms with van der Waals surface area (Å²) in [5.74, 6) is 0. The molecule has 1 heterocycles. The van der Waals surface area contributed by atoms with Gasteiger partial charge in [-0.2, -0.15) is 0 Å². The molecule has 118 valence electrons. The van der Waals surface area contributed by atoms with Crippen LogP contribution in [0.3, 0.4) is 0 Å². The van der Waals surface area contributed by atoms with Gasteiger partial charge in [-0.25, -0.2) is 0 Å². The molecule has 0 aromatic heterocycles. The Morgan fingerprint density at radius 1 is 0.952 bits per heavy atom. The molecule has 1 unspecified atom stereocenters. The highest BCUT2D eigenvalue weighted by Crippen LogP contribution is 2.44. The summed E-state index contributed by atoms with van der Waals surface area (Å²) < 4.78 is 0. The molecule has 1 saturated heterocycles. The number of rotatable bonds is 4. The van der Waals surface area contributed by atoms with Gasteiger partial charge in [0.2, 0.25) is 0 Å². The number of piperidine rings is 1. The van der Waals surface area contributed by atoms with E-state index in [-0.39, 0.29) is 23.9 Å². The van der Waals surface area contributed by atoms with Gasteiger partial charge in [0.25, 0.3) is 0 Å². The fourth-order valence-corrected chi connectivity index (χ4v) is 4.15. The highest BCUT2D eigenvalue weighted by molar-refractivity contribution is 5.85. The van der Waals surface area contributed by atoms with Crippen LogP contribution in [-0.4, -0.2) is 35.7 Å². The topological polar surface area (TPSA) is 23.5 Å². The predicted molar refractivity (Wildman–Crippen MR) is 90.1 cm³/mol. The fraction of sp³-hybridized carbons (Fsp3) is 0.667. The Bertz CT molecular complexity index is 410. The van der Waals surface area contributed by atoms with Gasteiger partial charge in [0.15, 0.2) is 0 Å². The zero-order valence-electron chi connectivity index (χ0n) is 12.8. The highest BCUT2D eigenvalue weighted by atomic mass is 35.5. The summed E-state index contributed by atoms with van der Waals surface area (Å²) in [6, 6.07) is 10.7. The minimum atomic E-state index is -0.217. The normalized spacial score (nSPS) is 23.5.